The maximum atomic E-state index is 13.7. The molecule has 0 radical (unpaired) electrons. The minimum absolute atomic E-state index is 0.116. The van der Waals surface area contributed by atoms with Crippen LogP contribution in [0.2, 0.25) is 0 Å². The van der Waals surface area contributed by atoms with Crippen LogP contribution < -0.4 is 16.6 Å². The third-order valence-electron chi connectivity index (χ3n) is 2.15. The molecule has 0 fully saturated rings. The Morgan fingerprint density at radius 1 is 1.44 bits per heavy atom. The van der Waals surface area contributed by atoms with Gasteiger partial charge < -0.3 is 10.7 Å². The Kier molecular flexibility index (Phi) is 3.80. The largest absolute Gasteiger partial charge is 0.345 e. The van der Waals surface area contributed by atoms with E-state index in [1.54, 1.807) is 11.6 Å². The fraction of sp³-hybridized carbons (Fsp3) is 0.100. The van der Waals surface area contributed by atoms with Crippen molar-refractivity contribution >= 4 is 23.1 Å². The second-order valence-electron chi connectivity index (χ2n) is 3.27. The Bertz CT molecular complexity index is 545. The predicted octanol–water partition coefficient (Wildman–Crippen LogP) is 0.893. The number of halogens is 1. The second-order valence-corrected chi connectivity index (χ2v) is 4.25. The van der Waals surface area contributed by atoms with Crippen molar-refractivity contribution in [3.63, 3.8) is 0 Å². The third-order valence-corrected chi connectivity index (χ3v) is 2.93. The second kappa shape index (κ2) is 5.52. The van der Waals surface area contributed by atoms with Crippen LogP contribution in [0.5, 0.6) is 0 Å². The highest BCUT2D eigenvalue weighted by atomic mass is 32.1. The molecule has 2 rings (SSSR count). The van der Waals surface area contributed by atoms with Gasteiger partial charge in [-0.2, -0.15) is 0 Å². The quantitative estimate of drug-likeness (QED) is 0.565. The lowest BCUT2D eigenvalue weighted by atomic mass is 10.2. The molecule has 0 spiro atoms. The van der Waals surface area contributed by atoms with Crippen LogP contribution in [0, 0.1) is 5.82 Å². The summed E-state index contributed by atoms with van der Waals surface area (Å²) in [6.07, 6.45) is 2.94. The summed E-state index contributed by atoms with van der Waals surface area (Å²) < 4.78 is 13.7. The summed E-state index contributed by atoms with van der Waals surface area (Å²) in [7, 11) is 0. The van der Waals surface area contributed by atoms with Crippen LogP contribution in [-0.2, 0) is 6.54 Å². The number of amides is 1. The van der Waals surface area contributed by atoms with Crippen LogP contribution in [0.3, 0.4) is 0 Å². The van der Waals surface area contributed by atoms with Crippen molar-refractivity contribution in [3.8, 4) is 0 Å². The number of carbonyl (C=O) groups excluding carboxylic acids is 1. The lowest BCUT2D eigenvalue weighted by molar-refractivity contribution is 0.0947. The van der Waals surface area contributed by atoms with E-state index < -0.39 is 11.7 Å². The van der Waals surface area contributed by atoms with E-state index in [-0.39, 0.29) is 17.9 Å². The number of aromatic nitrogens is 2. The van der Waals surface area contributed by atoms with Crippen molar-refractivity contribution in [2.45, 2.75) is 6.54 Å². The third kappa shape index (κ3) is 2.60. The van der Waals surface area contributed by atoms with E-state index in [9.17, 15) is 9.18 Å². The molecule has 0 aliphatic rings. The number of hydrazine groups is 1. The molecule has 18 heavy (non-hydrogen) atoms. The lowest BCUT2D eigenvalue weighted by Crippen LogP contribution is -2.24. The molecule has 0 atom stereocenters. The Morgan fingerprint density at radius 2 is 2.28 bits per heavy atom. The zero-order chi connectivity index (χ0) is 13.0. The molecule has 2 heterocycles. The molecule has 2 aromatic rings. The monoisotopic (exact) mass is 267 g/mol. The van der Waals surface area contributed by atoms with Crippen LogP contribution >= 0.6 is 11.3 Å². The number of nitrogens with two attached hydrogens (primary N) is 1. The summed E-state index contributed by atoms with van der Waals surface area (Å²) in [5.74, 6) is 3.59. The van der Waals surface area contributed by atoms with Gasteiger partial charge in [0.05, 0.1) is 12.1 Å². The van der Waals surface area contributed by atoms with Crippen molar-refractivity contribution in [2.75, 3.05) is 5.43 Å². The zero-order valence-corrected chi connectivity index (χ0v) is 10.00. The lowest BCUT2D eigenvalue weighted by Gasteiger charge is -2.06. The average molecular weight is 267 g/mol. The normalized spacial score (nSPS) is 10.1. The Morgan fingerprint density at radius 3 is 2.94 bits per heavy atom. The molecule has 0 aliphatic carbocycles. The van der Waals surface area contributed by atoms with Gasteiger partial charge in [0.2, 0.25) is 0 Å². The highest BCUT2D eigenvalue weighted by Crippen LogP contribution is 2.14. The van der Waals surface area contributed by atoms with Gasteiger partial charge in [-0.05, 0) is 6.07 Å². The molecular formula is C10H10FN5OS. The first-order valence-electron chi connectivity index (χ1n) is 5.00. The van der Waals surface area contributed by atoms with Gasteiger partial charge >= 0.3 is 0 Å². The minimum Gasteiger partial charge on any atom is -0.345 e. The van der Waals surface area contributed by atoms with E-state index in [4.69, 9.17) is 5.84 Å². The van der Waals surface area contributed by atoms with Gasteiger partial charge in [0.15, 0.2) is 11.6 Å². The number of nitrogen functional groups attached to an aromatic ring is 1. The van der Waals surface area contributed by atoms with Crippen molar-refractivity contribution in [3.05, 3.63) is 40.2 Å². The van der Waals surface area contributed by atoms with Gasteiger partial charge in [-0.1, -0.05) is 0 Å². The van der Waals surface area contributed by atoms with Crippen molar-refractivity contribution in [1.82, 2.24) is 15.3 Å². The van der Waals surface area contributed by atoms with Gasteiger partial charge in [-0.3, -0.25) is 4.79 Å². The van der Waals surface area contributed by atoms with Crippen molar-refractivity contribution < 1.29 is 9.18 Å². The van der Waals surface area contributed by atoms with Crippen LogP contribution in [0.15, 0.2) is 23.8 Å². The summed E-state index contributed by atoms with van der Waals surface area (Å²) in [6.45, 7) is 0.254. The number of anilines is 1. The molecule has 6 nitrogen and oxygen atoms in total. The fourth-order valence-corrected chi connectivity index (χ4v) is 1.87. The molecule has 8 heteroatoms. The molecule has 0 bridgehead atoms. The number of carbonyl (C=O) groups is 1. The van der Waals surface area contributed by atoms with Gasteiger partial charge in [-0.15, -0.1) is 11.3 Å². The van der Waals surface area contributed by atoms with E-state index in [2.05, 4.69) is 20.7 Å². The summed E-state index contributed by atoms with van der Waals surface area (Å²) in [4.78, 5) is 19.4. The van der Waals surface area contributed by atoms with E-state index in [1.807, 2.05) is 0 Å². The topological polar surface area (TPSA) is 92.9 Å². The first kappa shape index (κ1) is 12.4. The van der Waals surface area contributed by atoms with Gasteiger partial charge in [0.25, 0.3) is 5.91 Å². The number of pyridine rings is 1. The summed E-state index contributed by atoms with van der Waals surface area (Å²) in [5.41, 5.74) is 1.97. The van der Waals surface area contributed by atoms with E-state index in [1.165, 1.54) is 23.6 Å². The van der Waals surface area contributed by atoms with Crippen molar-refractivity contribution in [2.24, 2.45) is 5.84 Å². The van der Waals surface area contributed by atoms with Crippen LogP contribution in [0.25, 0.3) is 0 Å². The molecule has 0 aliphatic heterocycles. The highest BCUT2D eigenvalue weighted by Gasteiger charge is 2.15. The highest BCUT2D eigenvalue weighted by molar-refractivity contribution is 7.09. The first-order valence-corrected chi connectivity index (χ1v) is 5.88. The van der Waals surface area contributed by atoms with Gasteiger partial charge in [-0.25, -0.2) is 20.2 Å². The molecule has 4 N–H and O–H groups in total. The van der Waals surface area contributed by atoms with Crippen LogP contribution in [-0.4, -0.2) is 15.9 Å². The Hall–Kier alpha value is -2.06. The number of hydrogen-bond donors (Lipinski definition) is 3. The number of nitrogens with zero attached hydrogens (tertiary/aromatic N) is 2. The minimum atomic E-state index is -0.781. The number of hydrogen-bond acceptors (Lipinski definition) is 6. The average Bonchev–Trinajstić information content (AvgIpc) is 2.89. The SMILES string of the molecule is NNc1nccc(C(=O)NCc2nccs2)c1F. The van der Waals surface area contributed by atoms with E-state index in [0.29, 0.717) is 0 Å². The van der Waals surface area contributed by atoms with Crippen molar-refractivity contribution in [1.29, 1.82) is 0 Å². The fourth-order valence-electron chi connectivity index (χ4n) is 1.31. The maximum absolute atomic E-state index is 13.7. The van der Waals surface area contributed by atoms with Crippen LogP contribution in [0.4, 0.5) is 10.2 Å². The number of thiazole rings is 1. The van der Waals surface area contributed by atoms with E-state index >= 15 is 0 Å². The first-order chi connectivity index (χ1) is 8.72. The maximum Gasteiger partial charge on any atom is 0.254 e. The molecule has 0 saturated carbocycles. The Balaban J connectivity index is 2.09. The molecule has 0 unspecified atom stereocenters. The zero-order valence-electron chi connectivity index (χ0n) is 9.18. The summed E-state index contributed by atoms with van der Waals surface area (Å²) in [5, 5.41) is 5.11. The number of nitrogens with one attached hydrogen (secondary N) is 2. The number of rotatable bonds is 4. The molecule has 0 saturated heterocycles. The van der Waals surface area contributed by atoms with E-state index in [0.717, 1.165) is 5.01 Å². The van der Waals surface area contributed by atoms with Gasteiger partial charge in [0, 0.05) is 17.8 Å². The molecule has 2 aromatic heterocycles. The molecule has 1 amide bonds. The molecule has 0 aromatic carbocycles. The Labute approximate surface area is 106 Å². The summed E-state index contributed by atoms with van der Waals surface area (Å²) in [6, 6.07) is 1.29. The van der Waals surface area contributed by atoms with Gasteiger partial charge in [0.1, 0.15) is 5.01 Å². The smallest absolute Gasteiger partial charge is 0.254 e. The predicted molar refractivity (Wildman–Crippen MR) is 65.3 cm³/mol. The summed E-state index contributed by atoms with van der Waals surface area (Å²) >= 11 is 1.41. The standard InChI is InChI=1S/C10H10FN5OS/c11-8-6(1-2-14-9(8)16-12)10(17)15-5-7-13-3-4-18-7/h1-4H,5,12H2,(H,14,16)(H,15,17). The van der Waals surface area contributed by atoms with Crippen LogP contribution in [0.1, 0.15) is 15.4 Å². The molecule has 94 valence electrons. The molecular weight excluding hydrogens is 257 g/mol.